The quantitative estimate of drug-likeness (QED) is 0.929. The van der Waals surface area contributed by atoms with E-state index in [2.05, 4.69) is 32.4 Å². The van der Waals surface area contributed by atoms with Gasteiger partial charge in [-0.05, 0) is 49.7 Å². The number of aromatic nitrogens is 3. The number of hydrogen-bond acceptors (Lipinski definition) is 5. The minimum atomic E-state index is -4.47. The second kappa shape index (κ2) is 6.72. The third-order valence-electron chi connectivity index (χ3n) is 4.30. The van der Waals surface area contributed by atoms with Crippen LogP contribution in [0.2, 0.25) is 0 Å². The highest BCUT2D eigenvalue weighted by atomic mass is 19.4. The Balaban J connectivity index is 1.65. The van der Waals surface area contributed by atoms with Crippen molar-refractivity contribution in [3.63, 3.8) is 0 Å². The Morgan fingerprint density at radius 1 is 1.25 bits per heavy atom. The highest BCUT2D eigenvalue weighted by molar-refractivity contribution is 5.33. The van der Waals surface area contributed by atoms with Crippen LogP contribution >= 0.6 is 0 Å². The van der Waals surface area contributed by atoms with Gasteiger partial charge in [0.25, 0.3) is 0 Å². The summed E-state index contributed by atoms with van der Waals surface area (Å²) in [7, 11) is 2.07. The molecule has 8 heteroatoms. The fourth-order valence-electron chi connectivity index (χ4n) is 3.13. The average molecular weight is 337 g/mol. The van der Waals surface area contributed by atoms with E-state index in [9.17, 15) is 13.2 Å². The molecule has 2 aromatic rings. The van der Waals surface area contributed by atoms with Gasteiger partial charge in [-0.2, -0.15) is 13.2 Å². The lowest BCUT2D eigenvalue weighted by molar-refractivity contribution is -0.141. The summed E-state index contributed by atoms with van der Waals surface area (Å²) < 4.78 is 37.5. The maximum absolute atomic E-state index is 12.5. The van der Waals surface area contributed by atoms with Crippen LogP contribution in [0, 0.1) is 5.92 Å². The molecule has 2 aromatic heterocycles. The fourth-order valence-corrected chi connectivity index (χ4v) is 3.13. The number of pyridine rings is 1. The van der Waals surface area contributed by atoms with Crippen LogP contribution in [0.4, 0.5) is 19.0 Å². The van der Waals surface area contributed by atoms with Gasteiger partial charge in [0.15, 0.2) is 5.69 Å². The van der Waals surface area contributed by atoms with Crippen molar-refractivity contribution in [1.82, 2.24) is 20.1 Å². The number of anilines is 1. The summed E-state index contributed by atoms with van der Waals surface area (Å²) in [6.45, 7) is 1.58. The van der Waals surface area contributed by atoms with Crippen molar-refractivity contribution in [3.8, 4) is 0 Å². The number of likely N-dealkylation sites (tertiary alicyclic amines) is 1. The minimum Gasteiger partial charge on any atom is -0.368 e. The van der Waals surface area contributed by atoms with E-state index in [1.807, 2.05) is 18.3 Å². The first-order valence-corrected chi connectivity index (χ1v) is 7.70. The maximum atomic E-state index is 12.5. The summed E-state index contributed by atoms with van der Waals surface area (Å²) >= 11 is 0. The van der Waals surface area contributed by atoms with Gasteiger partial charge < -0.3 is 5.32 Å². The molecular formula is C16H18F3N5. The topological polar surface area (TPSA) is 53.9 Å². The molecule has 0 unspecified atom stereocenters. The normalized spacial score (nSPS) is 21.8. The number of nitrogens with zero attached hydrogens (tertiary/aromatic N) is 4. The Labute approximate surface area is 137 Å². The van der Waals surface area contributed by atoms with E-state index in [1.54, 1.807) is 6.20 Å². The standard InChI is InChI=1S/C16H18F3N5/c1-24-8-6-12(15(24)11-3-2-7-20-9-11)10-21-14-5-4-13(22-23-14)16(17,18)19/h2-5,7,9,12,15H,6,8,10H2,1H3,(H,21,23)/t12-,15-/m0/s1. The van der Waals surface area contributed by atoms with Crippen molar-refractivity contribution in [2.24, 2.45) is 5.92 Å². The Bertz CT molecular complexity index is 660. The number of nitrogens with one attached hydrogen (secondary N) is 1. The van der Waals surface area contributed by atoms with Crippen molar-refractivity contribution in [1.29, 1.82) is 0 Å². The predicted molar refractivity (Wildman–Crippen MR) is 83.2 cm³/mol. The average Bonchev–Trinajstić information content (AvgIpc) is 2.94. The number of halogens is 3. The summed E-state index contributed by atoms with van der Waals surface area (Å²) in [5.74, 6) is 0.672. The third kappa shape index (κ3) is 3.64. The van der Waals surface area contributed by atoms with Gasteiger partial charge in [0, 0.05) is 25.0 Å². The SMILES string of the molecule is CN1CC[C@@H](CNc2ccc(C(F)(F)F)nn2)[C@@H]1c1cccnc1. The Morgan fingerprint density at radius 2 is 2.08 bits per heavy atom. The molecule has 0 spiro atoms. The largest absolute Gasteiger partial charge is 0.435 e. The molecule has 0 amide bonds. The van der Waals surface area contributed by atoms with E-state index >= 15 is 0 Å². The van der Waals surface area contributed by atoms with E-state index < -0.39 is 11.9 Å². The van der Waals surface area contributed by atoms with Gasteiger partial charge in [-0.3, -0.25) is 9.88 Å². The first kappa shape index (κ1) is 16.6. The number of rotatable bonds is 4. The van der Waals surface area contributed by atoms with E-state index in [0.717, 1.165) is 24.6 Å². The lowest BCUT2D eigenvalue weighted by Crippen LogP contribution is -2.25. The van der Waals surface area contributed by atoms with Gasteiger partial charge in [0.2, 0.25) is 0 Å². The summed E-state index contributed by atoms with van der Waals surface area (Å²) in [6.07, 6.45) is 0.128. The summed E-state index contributed by atoms with van der Waals surface area (Å²) in [6, 6.07) is 6.44. The molecule has 1 saturated heterocycles. The van der Waals surface area contributed by atoms with E-state index in [4.69, 9.17) is 0 Å². The van der Waals surface area contributed by atoms with Gasteiger partial charge in [0.1, 0.15) is 5.82 Å². The van der Waals surface area contributed by atoms with Crippen LogP contribution in [0.5, 0.6) is 0 Å². The molecule has 0 aromatic carbocycles. The molecule has 0 bridgehead atoms. The Kier molecular flexibility index (Phi) is 4.66. The first-order chi connectivity index (χ1) is 11.4. The molecule has 0 aliphatic carbocycles. The van der Waals surface area contributed by atoms with Crippen LogP contribution in [0.1, 0.15) is 23.7 Å². The zero-order valence-corrected chi connectivity index (χ0v) is 13.2. The first-order valence-electron chi connectivity index (χ1n) is 7.70. The third-order valence-corrected chi connectivity index (χ3v) is 4.30. The minimum absolute atomic E-state index is 0.230. The van der Waals surface area contributed by atoms with Gasteiger partial charge in [-0.25, -0.2) is 0 Å². The van der Waals surface area contributed by atoms with Crippen LogP contribution in [0.3, 0.4) is 0 Å². The molecule has 3 heterocycles. The molecule has 2 atom stereocenters. The molecule has 0 radical (unpaired) electrons. The Hall–Kier alpha value is -2.22. The molecule has 128 valence electrons. The summed E-state index contributed by atoms with van der Waals surface area (Å²) in [4.78, 5) is 6.44. The van der Waals surface area contributed by atoms with Crippen molar-refractivity contribution in [3.05, 3.63) is 47.9 Å². The van der Waals surface area contributed by atoms with Crippen LogP contribution in [-0.2, 0) is 6.18 Å². The zero-order valence-electron chi connectivity index (χ0n) is 13.2. The molecular weight excluding hydrogens is 319 g/mol. The van der Waals surface area contributed by atoms with Crippen molar-refractivity contribution in [2.75, 3.05) is 25.5 Å². The van der Waals surface area contributed by atoms with Gasteiger partial charge in [-0.15, -0.1) is 10.2 Å². The second-order valence-corrected chi connectivity index (χ2v) is 5.94. The highest BCUT2D eigenvalue weighted by Gasteiger charge is 2.34. The van der Waals surface area contributed by atoms with Crippen LogP contribution in [0.25, 0.3) is 0 Å². The molecule has 24 heavy (non-hydrogen) atoms. The van der Waals surface area contributed by atoms with Crippen molar-refractivity contribution >= 4 is 5.82 Å². The van der Waals surface area contributed by atoms with E-state index in [0.29, 0.717) is 18.3 Å². The monoisotopic (exact) mass is 337 g/mol. The molecule has 3 rings (SSSR count). The molecule has 1 aliphatic rings. The van der Waals surface area contributed by atoms with Gasteiger partial charge in [-0.1, -0.05) is 6.07 Å². The number of alkyl halides is 3. The fraction of sp³-hybridized carbons (Fsp3) is 0.438. The predicted octanol–water partition coefficient (Wildman–Crippen LogP) is 3.00. The Morgan fingerprint density at radius 3 is 2.71 bits per heavy atom. The second-order valence-electron chi connectivity index (χ2n) is 5.94. The molecule has 1 aliphatic heterocycles. The lowest BCUT2D eigenvalue weighted by Gasteiger charge is -2.25. The van der Waals surface area contributed by atoms with Gasteiger partial charge >= 0.3 is 6.18 Å². The van der Waals surface area contributed by atoms with E-state index in [-0.39, 0.29) is 6.04 Å². The molecule has 5 nitrogen and oxygen atoms in total. The van der Waals surface area contributed by atoms with Crippen LogP contribution in [0.15, 0.2) is 36.7 Å². The summed E-state index contributed by atoms with van der Waals surface area (Å²) in [5, 5.41) is 9.94. The highest BCUT2D eigenvalue weighted by Crippen LogP contribution is 2.35. The van der Waals surface area contributed by atoms with E-state index in [1.165, 1.54) is 6.07 Å². The lowest BCUT2D eigenvalue weighted by atomic mass is 9.95. The van der Waals surface area contributed by atoms with Crippen LogP contribution in [-0.4, -0.2) is 40.2 Å². The maximum Gasteiger partial charge on any atom is 0.435 e. The van der Waals surface area contributed by atoms with Gasteiger partial charge in [0.05, 0.1) is 0 Å². The van der Waals surface area contributed by atoms with Crippen molar-refractivity contribution < 1.29 is 13.2 Å². The van der Waals surface area contributed by atoms with Crippen LogP contribution < -0.4 is 5.32 Å². The number of hydrogen-bond donors (Lipinski definition) is 1. The smallest absolute Gasteiger partial charge is 0.368 e. The van der Waals surface area contributed by atoms with Crippen molar-refractivity contribution in [2.45, 2.75) is 18.6 Å². The zero-order chi connectivity index (χ0) is 17.2. The summed E-state index contributed by atoms with van der Waals surface area (Å²) in [5.41, 5.74) is 0.157. The molecule has 1 N–H and O–H groups in total. The molecule has 0 saturated carbocycles. The molecule has 1 fully saturated rings.